The van der Waals surface area contributed by atoms with E-state index in [1.807, 2.05) is 6.07 Å². The second kappa shape index (κ2) is 11.1. The molecule has 28 heavy (non-hydrogen) atoms. The van der Waals surface area contributed by atoms with Gasteiger partial charge in [-0.15, -0.1) is 4.33 Å². The summed E-state index contributed by atoms with van der Waals surface area (Å²) in [5.41, 5.74) is 1.54. The number of hydrogen-bond donors (Lipinski definition) is 2. The lowest BCUT2D eigenvalue weighted by Gasteiger charge is -2.12. The third-order valence-corrected chi connectivity index (χ3v) is 6.48. The summed E-state index contributed by atoms with van der Waals surface area (Å²) in [6.45, 7) is 3.86. The molecule has 0 aromatic heterocycles. The highest BCUT2D eigenvalue weighted by Crippen LogP contribution is 2.32. The van der Waals surface area contributed by atoms with Gasteiger partial charge in [0.25, 0.3) is 10.1 Å². The van der Waals surface area contributed by atoms with Crippen molar-refractivity contribution in [2.75, 3.05) is 0 Å². The SMILES string of the molecule is CCCCCCCCCc1cc2cc(C)c(S(=O)(=O)O)cc2cc1SOOO. The van der Waals surface area contributed by atoms with Gasteiger partial charge in [-0.3, -0.25) is 4.55 Å². The van der Waals surface area contributed by atoms with Gasteiger partial charge >= 0.3 is 0 Å². The van der Waals surface area contributed by atoms with Crippen LogP contribution in [0, 0.1) is 6.92 Å². The Bertz CT molecular complexity index is 880. The summed E-state index contributed by atoms with van der Waals surface area (Å²) in [5, 5.41) is 13.7. The molecule has 2 rings (SSSR count). The van der Waals surface area contributed by atoms with E-state index in [0.717, 1.165) is 47.2 Å². The Balaban J connectivity index is 2.20. The lowest BCUT2D eigenvalue weighted by Crippen LogP contribution is -2.01. The first-order valence-electron chi connectivity index (χ1n) is 9.56. The Morgan fingerprint density at radius 2 is 1.61 bits per heavy atom. The van der Waals surface area contributed by atoms with Crippen LogP contribution in [0.2, 0.25) is 0 Å². The molecule has 0 heterocycles. The summed E-state index contributed by atoms with van der Waals surface area (Å²) in [5.74, 6) is 0. The Morgan fingerprint density at radius 1 is 0.964 bits per heavy atom. The minimum absolute atomic E-state index is 0.116. The number of hydrogen-bond acceptors (Lipinski definition) is 6. The van der Waals surface area contributed by atoms with E-state index in [2.05, 4.69) is 16.3 Å². The van der Waals surface area contributed by atoms with Crippen molar-refractivity contribution in [3.8, 4) is 0 Å². The molecule has 0 radical (unpaired) electrons. The van der Waals surface area contributed by atoms with Crippen LogP contribution in [-0.2, 0) is 25.9 Å². The van der Waals surface area contributed by atoms with Crippen molar-refractivity contribution < 1.29 is 27.6 Å². The zero-order chi connectivity index (χ0) is 20.6. The van der Waals surface area contributed by atoms with Crippen LogP contribution in [-0.4, -0.2) is 18.2 Å². The summed E-state index contributed by atoms with van der Waals surface area (Å²) < 4.78 is 37.1. The molecule has 156 valence electrons. The van der Waals surface area contributed by atoms with Gasteiger partial charge in [0.15, 0.2) is 0 Å². The minimum atomic E-state index is -4.29. The maximum absolute atomic E-state index is 11.6. The first kappa shape index (κ1) is 23.1. The van der Waals surface area contributed by atoms with E-state index in [1.165, 1.54) is 38.2 Å². The van der Waals surface area contributed by atoms with Crippen molar-refractivity contribution >= 4 is 32.9 Å². The molecule has 0 unspecified atom stereocenters. The highest BCUT2D eigenvalue weighted by molar-refractivity contribution is 7.94. The fourth-order valence-electron chi connectivity index (χ4n) is 3.34. The highest BCUT2D eigenvalue weighted by atomic mass is 32.2. The number of rotatable bonds is 12. The normalized spacial score (nSPS) is 12.0. The van der Waals surface area contributed by atoms with Gasteiger partial charge in [0, 0.05) is 4.90 Å². The van der Waals surface area contributed by atoms with E-state index in [9.17, 15) is 13.0 Å². The van der Waals surface area contributed by atoms with E-state index in [4.69, 9.17) is 5.26 Å². The van der Waals surface area contributed by atoms with E-state index in [1.54, 1.807) is 19.1 Å². The predicted octanol–water partition coefficient (Wildman–Crippen LogP) is 6.12. The van der Waals surface area contributed by atoms with Crippen LogP contribution in [0.25, 0.3) is 10.8 Å². The average molecular weight is 429 g/mol. The van der Waals surface area contributed by atoms with Crippen molar-refractivity contribution in [2.24, 2.45) is 0 Å². The van der Waals surface area contributed by atoms with Gasteiger partial charge in [-0.2, -0.15) is 8.42 Å². The van der Waals surface area contributed by atoms with Gasteiger partial charge in [-0.1, -0.05) is 56.6 Å². The van der Waals surface area contributed by atoms with Crippen LogP contribution in [0.4, 0.5) is 0 Å². The molecule has 0 aliphatic carbocycles. The fourth-order valence-corrected chi connectivity index (χ4v) is 4.63. The lowest BCUT2D eigenvalue weighted by atomic mass is 10.00. The Morgan fingerprint density at radius 3 is 2.25 bits per heavy atom. The quantitative estimate of drug-likeness (QED) is 0.138. The van der Waals surface area contributed by atoms with E-state index < -0.39 is 10.1 Å². The zero-order valence-corrected chi connectivity index (χ0v) is 17.9. The number of benzene rings is 2. The van der Waals surface area contributed by atoms with Gasteiger partial charge in [-0.05, 0) is 59.9 Å². The van der Waals surface area contributed by atoms with Gasteiger partial charge in [0.05, 0.1) is 16.9 Å². The third-order valence-electron chi connectivity index (χ3n) is 4.80. The Hall–Kier alpha value is -1.16. The smallest absolute Gasteiger partial charge is 0.282 e. The van der Waals surface area contributed by atoms with Crippen molar-refractivity contribution in [3.63, 3.8) is 0 Å². The second-order valence-corrected chi connectivity index (χ2v) is 9.13. The molecule has 0 fully saturated rings. The largest absolute Gasteiger partial charge is 0.294 e. The summed E-state index contributed by atoms with van der Waals surface area (Å²) in [6.07, 6.45) is 9.30. The molecule has 0 aliphatic heterocycles. The van der Waals surface area contributed by atoms with Crippen molar-refractivity contribution in [1.29, 1.82) is 0 Å². The summed E-state index contributed by atoms with van der Waals surface area (Å²) >= 11 is 0.870. The Labute approximate surface area is 171 Å². The topological polar surface area (TPSA) is 93.1 Å². The van der Waals surface area contributed by atoms with E-state index >= 15 is 0 Å². The molecule has 2 aromatic carbocycles. The third kappa shape index (κ3) is 6.72. The van der Waals surface area contributed by atoms with Gasteiger partial charge in [-0.25, -0.2) is 5.26 Å². The maximum atomic E-state index is 11.6. The summed E-state index contributed by atoms with van der Waals surface area (Å²) in [6, 6.07) is 6.98. The van der Waals surface area contributed by atoms with Gasteiger partial charge in [0.2, 0.25) is 0 Å². The van der Waals surface area contributed by atoms with E-state index in [-0.39, 0.29) is 4.90 Å². The van der Waals surface area contributed by atoms with Gasteiger partial charge in [0.1, 0.15) is 0 Å². The first-order chi connectivity index (χ1) is 13.4. The molecular weight excluding hydrogens is 400 g/mol. The number of aryl methyl sites for hydroxylation is 2. The van der Waals surface area contributed by atoms with Crippen molar-refractivity contribution in [2.45, 2.75) is 75.0 Å². The number of unbranched alkanes of at least 4 members (excludes halogenated alkanes) is 6. The maximum Gasteiger partial charge on any atom is 0.294 e. The van der Waals surface area contributed by atoms with Crippen LogP contribution in [0.15, 0.2) is 34.1 Å². The van der Waals surface area contributed by atoms with Crippen molar-refractivity contribution in [3.05, 3.63) is 35.4 Å². The molecule has 0 aliphatic rings. The number of fused-ring (bicyclic) bond motifs is 1. The molecule has 0 saturated carbocycles. The van der Waals surface area contributed by atoms with E-state index in [0.29, 0.717) is 10.9 Å². The van der Waals surface area contributed by atoms with Crippen LogP contribution in [0.1, 0.15) is 63.0 Å². The molecular formula is C20H28O6S2. The van der Waals surface area contributed by atoms with Crippen LogP contribution in [0.3, 0.4) is 0 Å². The molecule has 0 atom stereocenters. The van der Waals surface area contributed by atoms with Crippen LogP contribution >= 0.6 is 12.0 Å². The molecule has 0 bridgehead atoms. The van der Waals surface area contributed by atoms with Crippen molar-refractivity contribution in [1.82, 2.24) is 0 Å². The van der Waals surface area contributed by atoms with Crippen LogP contribution < -0.4 is 0 Å². The Kier molecular flexibility index (Phi) is 9.20. The highest BCUT2D eigenvalue weighted by Gasteiger charge is 2.16. The van der Waals surface area contributed by atoms with Gasteiger partial charge < -0.3 is 0 Å². The monoisotopic (exact) mass is 428 g/mol. The summed E-state index contributed by atoms with van der Waals surface area (Å²) in [4.78, 5) is 0.618. The first-order valence-corrected chi connectivity index (χ1v) is 11.7. The molecule has 8 heteroatoms. The lowest BCUT2D eigenvalue weighted by molar-refractivity contribution is -0.432. The van der Waals surface area contributed by atoms with Crippen LogP contribution in [0.5, 0.6) is 0 Å². The minimum Gasteiger partial charge on any atom is -0.282 e. The summed E-state index contributed by atoms with van der Waals surface area (Å²) in [7, 11) is -4.29. The molecule has 0 saturated heterocycles. The molecule has 2 aromatic rings. The molecule has 6 nitrogen and oxygen atoms in total. The predicted molar refractivity (Wildman–Crippen MR) is 111 cm³/mol. The average Bonchev–Trinajstić information content (AvgIpc) is 2.64. The standard InChI is InChI=1S/C20H28O6S2/c1-3-4-5-6-7-8-9-10-16-12-17-11-15(2)20(28(22,23)24)14-18(17)13-19(16)27-26-25-21/h11-14,21H,3-10H2,1-2H3,(H,22,23,24). The molecule has 0 spiro atoms. The molecule has 2 N–H and O–H groups in total. The molecule has 0 amide bonds. The fraction of sp³-hybridized carbons (Fsp3) is 0.500. The zero-order valence-electron chi connectivity index (χ0n) is 16.3. The second-order valence-electron chi connectivity index (χ2n) is 7.00.